The van der Waals surface area contributed by atoms with Crippen LogP contribution in [0.25, 0.3) is 0 Å². The van der Waals surface area contributed by atoms with Crippen molar-refractivity contribution in [1.29, 1.82) is 0 Å². The molecule has 0 bridgehead atoms. The van der Waals surface area contributed by atoms with Crippen molar-refractivity contribution in [2.45, 2.75) is 39.0 Å². The predicted molar refractivity (Wildman–Crippen MR) is 125 cm³/mol. The van der Waals surface area contributed by atoms with E-state index in [1.807, 2.05) is 80.1 Å². The lowest BCUT2D eigenvalue weighted by Gasteiger charge is -2.22. The highest BCUT2D eigenvalue weighted by Crippen LogP contribution is 2.21. The summed E-state index contributed by atoms with van der Waals surface area (Å²) in [5.41, 5.74) is 0.368. The standard InChI is InChI=1S/C23H26IN3O3/c1-23(2,3)30-21-10-8-20(9-11-21)29-15-19(14-27-13-12-25-16-27)26-22(28)17-4-6-18(24)7-5-17/h4-13,16,19H,14-15H2,1-3H3,(H,26,28)/t19-/m1/s1. The van der Waals surface area contributed by atoms with Gasteiger partial charge in [-0.15, -0.1) is 0 Å². The van der Waals surface area contributed by atoms with Crippen LogP contribution in [0.4, 0.5) is 0 Å². The second-order valence-electron chi connectivity index (χ2n) is 7.93. The lowest BCUT2D eigenvalue weighted by Crippen LogP contribution is -2.42. The molecule has 1 atom stereocenters. The molecule has 2 aromatic carbocycles. The number of ether oxygens (including phenoxy) is 2. The van der Waals surface area contributed by atoms with Gasteiger partial charge in [0.1, 0.15) is 23.7 Å². The van der Waals surface area contributed by atoms with Crippen LogP contribution in [0, 0.1) is 3.57 Å². The number of aromatic nitrogens is 2. The number of hydrogen-bond donors (Lipinski definition) is 1. The Morgan fingerprint density at radius 2 is 1.77 bits per heavy atom. The maximum atomic E-state index is 12.7. The number of carbonyl (C=O) groups is 1. The summed E-state index contributed by atoms with van der Waals surface area (Å²) in [5.74, 6) is 1.38. The summed E-state index contributed by atoms with van der Waals surface area (Å²) in [6, 6.07) is 14.8. The van der Waals surface area contributed by atoms with Gasteiger partial charge < -0.3 is 19.4 Å². The van der Waals surface area contributed by atoms with Crippen molar-refractivity contribution >= 4 is 28.5 Å². The van der Waals surface area contributed by atoms with E-state index in [-0.39, 0.29) is 17.6 Å². The van der Waals surface area contributed by atoms with Crippen LogP contribution in [0.2, 0.25) is 0 Å². The summed E-state index contributed by atoms with van der Waals surface area (Å²) in [6.07, 6.45) is 5.30. The lowest BCUT2D eigenvalue weighted by molar-refractivity contribution is 0.0915. The van der Waals surface area contributed by atoms with Crippen LogP contribution in [-0.4, -0.2) is 33.7 Å². The zero-order valence-electron chi connectivity index (χ0n) is 17.3. The Morgan fingerprint density at radius 1 is 1.10 bits per heavy atom. The van der Waals surface area contributed by atoms with E-state index in [2.05, 4.69) is 32.9 Å². The third kappa shape index (κ3) is 7.05. The van der Waals surface area contributed by atoms with Crippen LogP contribution < -0.4 is 14.8 Å². The Bertz CT molecular complexity index is 933. The van der Waals surface area contributed by atoms with Crippen molar-refractivity contribution in [3.63, 3.8) is 0 Å². The molecule has 0 radical (unpaired) electrons. The molecule has 158 valence electrons. The Labute approximate surface area is 190 Å². The minimum Gasteiger partial charge on any atom is -0.491 e. The number of carbonyl (C=O) groups excluding carboxylic acids is 1. The summed E-state index contributed by atoms with van der Waals surface area (Å²) in [6.45, 7) is 6.91. The van der Waals surface area contributed by atoms with Crippen molar-refractivity contribution in [3.05, 3.63) is 76.4 Å². The van der Waals surface area contributed by atoms with Gasteiger partial charge in [0, 0.05) is 28.1 Å². The monoisotopic (exact) mass is 519 g/mol. The molecule has 1 N–H and O–H groups in total. The van der Waals surface area contributed by atoms with Gasteiger partial charge in [0.05, 0.1) is 12.4 Å². The van der Waals surface area contributed by atoms with Gasteiger partial charge in [0.25, 0.3) is 5.91 Å². The molecule has 0 aliphatic carbocycles. The van der Waals surface area contributed by atoms with E-state index >= 15 is 0 Å². The fourth-order valence-electron chi connectivity index (χ4n) is 2.81. The lowest BCUT2D eigenvalue weighted by atomic mass is 10.2. The zero-order valence-corrected chi connectivity index (χ0v) is 19.5. The molecular weight excluding hydrogens is 493 g/mol. The molecule has 0 unspecified atom stereocenters. The molecule has 0 saturated heterocycles. The van der Waals surface area contributed by atoms with E-state index in [0.717, 1.165) is 15.1 Å². The van der Waals surface area contributed by atoms with Crippen molar-refractivity contribution in [3.8, 4) is 11.5 Å². The Balaban J connectivity index is 1.63. The molecule has 0 aliphatic heterocycles. The Kier molecular flexibility index (Phi) is 7.36. The van der Waals surface area contributed by atoms with Crippen LogP contribution in [0.1, 0.15) is 31.1 Å². The topological polar surface area (TPSA) is 65.4 Å². The average molecular weight is 519 g/mol. The number of imidazole rings is 1. The van der Waals surface area contributed by atoms with Gasteiger partial charge in [-0.3, -0.25) is 4.79 Å². The number of halogens is 1. The van der Waals surface area contributed by atoms with E-state index < -0.39 is 0 Å². The van der Waals surface area contributed by atoms with Crippen molar-refractivity contribution in [2.24, 2.45) is 0 Å². The second kappa shape index (κ2) is 9.97. The van der Waals surface area contributed by atoms with Crippen LogP contribution >= 0.6 is 22.6 Å². The predicted octanol–water partition coefficient (Wildman–Crippen LogP) is 4.54. The molecule has 0 saturated carbocycles. The van der Waals surface area contributed by atoms with E-state index in [1.165, 1.54) is 0 Å². The molecule has 1 heterocycles. The number of amides is 1. The molecular formula is C23H26IN3O3. The van der Waals surface area contributed by atoms with Crippen molar-refractivity contribution < 1.29 is 14.3 Å². The highest BCUT2D eigenvalue weighted by Gasteiger charge is 2.16. The number of benzene rings is 2. The minimum absolute atomic E-state index is 0.131. The quantitative estimate of drug-likeness (QED) is 0.444. The molecule has 3 aromatic rings. The van der Waals surface area contributed by atoms with Crippen LogP contribution in [-0.2, 0) is 6.54 Å². The van der Waals surface area contributed by atoms with E-state index in [4.69, 9.17) is 9.47 Å². The van der Waals surface area contributed by atoms with Gasteiger partial charge in [-0.1, -0.05) is 0 Å². The van der Waals surface area contributed by atoms with E-state index in [9.17, 15) is 4.79 Å². The third-order valence-corrected chi connectivity index (χ3v) is 4.85. The molecule has 0 aliphatic rings. The normalized spacial score (nSPS) is 12.3. The average Bonchev–Trinajstić information content (AvgIpc) is 3.19. The minimum atomic E-state index is -0.252. The van der Waals surface area contributed by atoms with Gasteiger partial charge >= 0.3 is 0 Å². The maximum absolute atomic E-state index is 12.7. The first-order valence-electron chi connectivity index (χ1n) is 9.72. The number of nitrogens with zero attached hydrogens (tertiary/aromatic N) is 2. The van der Waals surface area contributed by atoms with E-state index in [1.54, 1.807) is 12.5 Å². The summed E-state index contributed by atoms with van der Waals surface area (Å²) in [4.78, 5) is 16.7. The fourth-order valence-corrected chi connectivity index (χ4v) is 3.17. The molecule has 7 heteroatoms. The highest BCUT2D eigenvalue weighted by molar-refractivity contribution is 14.1. The first-order chi connectivity index (χ1) is 14.3. The van der Waals surface area contributed by atoms with Crippen molar-refractivity contribution in [2.75, 3.05) is 6.61 Å². The third-order valence-electron chi connectivity index (χ3n) is 4.13. The molecule has 1 amide bonds. The summed E-state index contributed by atoms with van der Waals surface area (Å²) < 4.78 is 14.8. The van der Waals surface area contributed by atoms with Gasteiger partial charge in [-0.25, -0.2) is 4.98 Å². The molecule has 0 fully saturated rings. The second-order valence-corrected chi connectivity index (χ2v) is 9.18. The van der Waals surface area contributed by atoms with Crippen molar-refractivity contribution in [1.82, 2.24) is 14.9 Å². The van der Waals surface area contributed by atoms with Crippen LogP contribution in [0.3, 0.4) is 0 Å². The van der Waals surface area contributed by atoms with Crippen LogP contribution in [0.15, 0.2) is 67.3 Å². The van der Waals surface area contributed by atoms with Gasteiger partial charge in [0.2, 0.25) is 0 Å². The van der Waals surface area contributed by atoms with Crippen LogP contribution in [0.5, 0.6) is 11.5 Å². The highest BCUT2D eigenvalue weighted by atomic mass is 127. The number of nitrogens with one attached hydrogen (secondary N) is 1. The molecule has 3 rings (SSSR count). The summed E-state index contributed by atoms with van der Waals surface area (Å²) >= 11 is 2.22. The summed E-state index contributed by atoms with van der Waals surface area (Å²) in [7, 11) is 0. The first kappa shape index (κ1) is 22.1. The summed E-state index contributed by atoms with van der Waals surface area (Å²) in [5, 5.41) is 3.06. The fraction of sp³-hybridized carbons (Fsp3) is 0.304. The van der Waals surface area contributed by atoms with E-state index in [0.29, 0.717) is 18.7 Å². The Morgan fingerprint density at radius 3 is 2.37 bits per heavy atom. The number of hydrogen-bond acceptors (Lipinski definition) is 4. The molecule has 6 nitrogen and oxygen atoms in total. The van der Waals surface area contributed by atoms with Gasteiger partial charge in [-0.2, -0.15) is 0 Å². The largest absolute Gasteiger partial charge is 0.491 e. The maximum Gasteiger partial charge on any atom is 0.251 e. The smallest absolute Gasteiger partial charge is 0.251 e. The SMILES string of the molecule is CC(C)(C)Oc1ccc(OC[C@@H](Cn2ccnc2)NC(=O)c2ccc(I)cc2)cc1. The zero-order chi connectivity index (χ0) is 21.6. The molecule has 30 heavy (non-hydrogen) atoms. The number of rotatable bonds is 8. The first-order valence-corrected chi connectivity index (χ1v) is 10.8. The molecule has 1 aromatic heterocycles. The van der Waals surface area contributed by atoms with Gasteiger partial charge in [-0.05, 0) is 91.9 Å². The van der Waals surface area contributed by atoms with Gasteiger partial charge in [0.15, 0.2) is 0 Å². The molecule has 0 spiro atoms. The Hall–Kier alpha value is -2.55.